The number of unbranched alkanes of at least 4 members (excludes halogenated alkanes) is 1. The van der Waals surface area contributed by atoms with Crippen molar-refractivity contribution in [2.24, 2.45) is 0 Å². The molecule has 0 aliphatic carbocycles. The molecule has 0 fully saturated rings. The summed E-state index contributed by atoms with van der Waals surface area (Å²) in [6, 6.07) is 9.57. The van der Waals surface area contributed by atoms with Crippen molar-refractivity contribution in [3.63, 3.8) is 0 Å². The maximum atomic E-state index is 12.6. The number of ketones is 1. The zero-order valence-electron chi connectivity index (χ0n) is 18.8. The van der Waals surface area contributed by atoms with E-state index in [1.807, 2.05) is 6.07 Å². The number of ether oxygens (including phenoxy) is 2. The van der Waals surface area contributed by atoms with Gasteiger partial charge in [-0.15, -0.1) is 25.6 Å². The zero-order chi connectivity index (χ0) is 23.8. The van der Waals surface area contributed by atoms with Crippen LogP contribution < -0.4 is 20.1 Å². The van der Waals surface area contributed by atoms with Gasteiger partial charge in [0, 0.05) is 30.9 Å². The third-order valence-electron chi connectivity index (χ3n) is 5.19. The molecule has 34 heavy (non-hydrogen) atoms. The summed E-state index contributed by atoms with van der Waals surface area (Å²) in [6.45, 7) is 3.07. The number of amides is 1. The Balaban J connectivity index is 0.00000408. The monoisotopic (exact) mass is 500 g/mol. The summed E-state index contributed by atoms with van der Waals surface area (Å²) in [7, 11) is 0. The van der Waals surface area contributed by atoms with Gasteiger partial charge in [-0.05, 0) is 56.1 Å². The highest BCUT2D eigenvalue weighted by atomic mass is 35.5. The Morgan fingerprint density at radius 1 is 1.12 bits per heavy atom. The number of carbonyl (C=O) groups excluding carboxylic acids is 2. The van der Waals surface area contributed by atoms with Crippen molar-refractivity contribution < 1.29 is 32.2 Å². The molecule has 0 radical (unpaired) electrons. The van der Waals surface area contributed by atoms with Crippen LogP contribution >= 0.6 is 12.4 Å². The lowest BCUT2D eigenvalue weighted by Gasteiger charge is -2.13. The van der Waals surface area contributed by atoms with Crippen LogP contribution in [0.15, 0.2) is 36.4 Å². The maximum Gasteiger partial charge on any atom is 0.573 e. The molecule has 2 aromatic rings. The van der Waals surface area contributed by atoms with Crippen LogP contribution in [0.4, 0.5) is 18.9 Å². The van der Waals surface area contributed by atoms with Gasteiger partial charge in [-0.2, -0.15) is 0 Å². The number of alkyl halides is 3. The molecule has 0 saturated heterocycles. The van der Waals surface area contributed by atoms with E-state index >= 15 is 0 Å². The Morgan fingerprint density at radius 2 is 1.88 bits per heavy atom. The minimum Gasteiger partial charge on any atom is -0.491 e. The fourth-order valence-corrected chi connectivity index (χ4v) is 3.71. The van der Waals surface area contributed by atoms with Crippen LogP contribution in [0.3, 0.4) is 0 Å². The molecule has 10 heteroatoms. The normalized spacial score (nSPS) is 12.4. The summed E-state index contributed by atoms with van der Waals surface area (Å²) in [5.41, 5.74) is 2.48. The molecule has 2 N–H and O–H groups in total. The molecule has 0 unspecified atom stereocenters. The predicted molar refractivity (Wildman–Crippen MR) is 125 cm³/mol. The molecule has 3 rings (SSSR count). The molecule has 2 aromatic carbocycles. The second-order valence-corrected chi connectivity index (χ2v) is 7.83. The fourth-order valence-electron chi connectivity index (χ4n) is 3.71. The third kappa shape index (κ3) is 8.22. The second kappa shape index (κ2) is 12.6. The van der Waals surface area contributed by atoms with Crippen LogP contribution in [0.25, 0.3) is 0 Å². The van der Waals surface area contributed by atoms with Crippen LogP contribution in [0.2, 0.25) is 0 Å². The number of hydrogen-bond acceptors (Lipinski definition) is 5. The SMILES string of the molecule is CC(=O)Nc1cc(C(=O)CCCCNCCc2ccccc2OC(F)(F)F)cc2c1OCC2.Cl. The van der Waals surface area contributed by atoms with Crippen molar-refractivity contribution in [2.75, 3.05) is 25.0 Å². The van der Waals surface area contributed by atoms with Crippen molar-refractivity contribution in [2.45, 2.75) is 45.4 Å². The van der Waals surface area contributed by atoms with Crippen molar-refractivity contribution in [1.29, 1.82) is 0 Å². The van der Waals surface area contributed by atoms with Gasteiger partial charge in [0.1, 0.15) is 11.5 Å². The van der Waals surface area contributed by atoms with Crippen molar-refractivity contribution in [3.8, 4) is 11.5 Å². The second-order valence-electron chi connectivity index (χ2n) is 7.83. The van der Waals surface area contributed by atoms with Crippen LogP contribution in [-0.4, -0.2) is 37.7 Å². The standard InChI is InChI=1S/C24H27F3N2O4.ClH/c1-16(30)29-20-15-19(14-18-10-13-32-23(18)20)21(31)7-4-5-11-28-12-9-17-6-2-3-8-22(17)33-24(25,26)27;/h2-3,6,8,14-15,28H,4-5,7,9-13H2,1H3,(H,29,30);1H. The molecule has 6 nitrogen and oxygen atoms in total. The van der Waals surface area contributed by atoms with Gasteiger partial charge < -0.3 is 20.1 Å². The fraction of sp³-hybridized carbons (Fsp3) is 0.417. The van der Waals surface area contributed by atoms with Gasteiger partial charge in [0.15, 0.2) is 5.78 Å². The van der Waals surface area contributed by atoms with Gasteiger partial charge in [-0.3, -0.25) is 9.59 Å². The highest BCUT2D eigenvalue weighted by Gasteiger charge is 2.31. The number of para-hydroxylation sites is 1. The number of anilines is 1. The van der Waals surface area contributed by atoms with E-state index in [0.29, 0.717) is 67.9 Å². The van der Waals surface area contributed by atoms with E-state index in [-0.39, 0.29) is 29.8 Å². The van der Waals surface area contributed by atoms with Crippen LogP contribution in [0.1, 0.15) is 47.7 Å². The summed E-state index contributed by atoms with van der Waals surface area (Å²) in [6.07, 6.45) is -1.84. The molecule has 186 valence electrons. The summed E-state index contributed by atoms with van der Waals surface area (Å²) in [5, 5.41) is 5.91. The summed E-state index contributed by atoms with van der Waals surface area (Å²) in [4.78, 5) is 24.1. The first-order chi connectivity index (χ1) is 15.7. The molecule has 0 spiro atoms. The minimum atomic E-state index is -4.72. The van der Waals surface area contributed by atoms with E-state index in [9.17, 15) is 22.8 Å². The number of halogens is 4. The maximum absolute atomic E-state index is 12.6. The Kier molecular flexibility index (Phi) is 10.2. The number of benzene rings is 2. The van der Waals surface area contributed by atoms with Crippen molar-refractivity contribution >= 4 is 29.8 Å². The van der Waals surface area contributed by atoms with Crippen LogP contribution in [0.5, 0.6) is 11.5 Å². The van der Waals surface area contributed by atoms with E-state index < -0.39 is 6.36 Å². The van der Waals surface area contributed by atoms with E-state index in [0.717, 1.165) is 12.0 Å². The van der Waals surface area contributed by atoms with Gasteiger partial charge in [-0.1, -0.05) is 18.2 Å². The quantitative estimate of drug-likeness (QED) is 0.332. The van der Waals surface area contributed by atoms with Crippen molar-refractivity contribution in [1.82, 2.24) is 5.32 Å². The Morgan fingerprint density at radius 3 is 2.62 bits per heavy atom. The molecular formula is C24H28ClF3N2O4. The highest BCUT2D eigenvalue weighted by molar-refractivity contribution is 5.99. The lowest BCUT2D eigenvalue weighted by atomic mass is 10.0. The van der Waals surface area contributed by atoms with Gasteiger partial charge in [0.2, 0.25) is 5.91 Å². The van der Waals surface area contributed by atoms with Gasteiger partial charge >= 0.3 is 6.36 Å². The minimum absolute atomic E-state index is 0. The molecule has 0 aromatic heterocycles. The van der Waals surface area contributed by atoms with Crippen LogP contribution in [-0.2, 0) is 17.6 Å². The third-order valence-corrected chi connectivity index (χ3v) is 5.19. The Labute approximate surface area is 202 Å². The predicted octanol–water partition coefficient (Wildman–Crippen LogP) is 5.09. The molecule has 1 amide bonds. The van der Waals surface area contributed by atoms with Gasteiger partial charge in [-0.25, -0.2) is 0 Å². The Hall–Kier alpha value is -2.78. The largest absolute Gasteiger partial charge is 0.573 e. The summed E-state index contributed by atoms with van der Waals surface area (Å²) >= 11 is 0. The summed E-state index contributed by atoms with van der Waals surface area (Å²) < 4.78 is 47.1. The van der Waals surface area contributed by atoms with Gasteiger partial charge in [0.05, 0.1) is 12.3 Å². The smallest absolute Gasteiger partial charge is 0.491 e. The first-order valence-corrected chi connectivity index (χ1v) is 10.9. The Bertz CT molecular complexity index is 999. The number of carbonyl (C=O) groups is 2. The lowest BCUT2D eigenvalue weighted by molar-refractivity contribution is -0.274. The number of hydrogen-bond donors (Lipinski definition) is 2. The average molecular weight is 501 g/mol. The lowest BCUT2D eigenvalue weighted by Crippen LogP contribution is -2.21. The number of Topliss-reactive ketones (excluding diaryl/α,β-unsaturated/α-hetero) is 1. The molecule has 0 saturated carbocycles. The molecule has 0 bridgehead atoms. The average Bonchev–Trinajstić information content (AvgIpc) is 3.21. The number of rotatable bonds is 11. The van der Waals surface area contributed by atoms with E-state index in [4.69, 9.17) is 4.74 Å². The van der Waals surface area contributed by atoms with E-state index in [1.54, 1.807) is 18.2 Å². The highest BCUT2D eigenvalue weighted by Crippen LogP contribution is 2.35. The number of nitrogens with one attached hydrogen (secondary N) is 2. The number of fused-ring (bicyclic) bond motifs is 1. The molecule has 1 aliphatic rings. The van der Waals surface area contributed by atoms with E-state index in [2.05, 4.69) is 15.4 Å². The first kappa shape index (κ1) is 27.5. The van der Waals surface area contributed by atoms with Gasteiger partial charge in [0.25, 0.3) is 0 Å². The van der Waals surface area contributed by atoms with Crippen LogP contribution in [0, 0.1) is 0 Å². The molecular weight excluding hydrogens is 473 g/mol. The first-order valence-electron chi connectivity index (χ1n) is 10.9. The van der Waals surface area contributed by atoms with E-state index in [1.165, 1.54) is 19.1 Å². The summed E-state index contributed by atoms with van der Waals surface area (Å²) in [5.74, 6) is 0.217. The molecule has 1 aliphatic heterocycles. The topological polar surface area (TPSA) is 76.7 Å². The zero-order valence-corrected chi connectivity index (χ0v) is 19.6. The van der Waals surface area contributed by atoms with Crippen molar-refractivity contribution in [3.05, 3.63) is 53.1 Å². The molecule has 1 heterocycles. The molecule has 0 atom stereocenters.